The SMILES string of the molecule is O=C(CNC(=O)c1ccc(OC(F)F)cc1)Nc1cccc2cccnc12. The van der Waals surface area contributed by atoms with E-state index in [2.05, 4.69) is 20.4 Å². The number of nitrogens with one attached hydrogen (secondary N) is 2. The van der Waals surface area contributed by atoms with Crippen molar-refractivity contribution in [2.45, 2.75) is 6.61 Å². The first-order valence-corrected chi connectivity index (χ1v) is 7.99. The van der Waals surface area contributed by atoms with E-state index in [1.54, 1.807) is 24.4 Å². The van der Waals surface area contributed by atoms with E-state index in [0.29, 0.717) is 11.2 Å². The number of carbonyl (C=O) groups excluding carboxylic acids is 2. The van der Waals surface area contributed by atoms with Crippen molar-refractivity contribution in [3.8, 4) is 5.75 Å². The molecule has 6 nitrogen and oxygen atoms in total. The number of pyridine rings is 1. The molecule has 0 bridgehead atoms. The Morgan fingerprint density at radius 1 is 1.04 bits per heavy atom. The second-order valence-electron chi connectivity index (χ2n) is 5.51. The molecule has 3 rings (SSSR count). The summed E-state index contributed by atoms with van der Waals surface area (Å²) in [5, 5.41) is 6.05. The van der Waals surface area contributed by atoms with Crippen LogP contribution in [0.1, 0.15) is 10.4 Å². The summed E-state index contributed by atoms with van der Waals surface area (Å²) >= 11 is 0. The third kappa shape index (κ3) is 4.75. The Balaban J connectivity index is 1.57. The van der Waals surface area contributed by atoms with Gasteiger partial charge in [-0.15, -0.1) is 0 Å². The molecule has 0 atom stereocenters. The molecule has 0 spiro atoms. The Morgan fingerprint density at radius 3 is 2.52 bits per heavy atom. The number of benzene rings is 2. The number of aromatic nitrogens is 1. The van der Waals surface area contributed by atoms with E-state index in [0.717, 1.165) is 5.39 Å². The fourth-order valence-electron chi connectivity index (χ4n) is 2.45. The van der Waals surface area contributed by atoms with Crippen LogP contribution in [-0.2, 0) is 4.79 Å². The predicted molar refractivity (Wildman–Crippen MR) is 95.8 cm³/mol. The maximum atomic E-state index is 12.1. The molecular weight excluding hydrogens is 356 g/mol. The lowest BCUT2D eigenvalue weighted by molar-refractivity contribution is -0.115. The van der Waals surface area contributed by atoms with Gasteiger partial charge in [0.25, 0.3) is 5.91 Å². The Bertz CT molecular complexity index is 957. The third-order valence-electron chi connectivity index (χ3n) is 3.66. The number of amides is 2. The first kappa shape index (κ1) is 18.2. The Kier molecular flexibility index (Phi) is 5.55. The largest absolute Gasteiger partial charge is 0.435 e. The predicted octanol–water partition coefficient (Wildman–Crippen LogP) is 3.20. The van der Waals surface area contributed by atoms with Gasteiger partial charge in [-0.25, -0.2) is 0 Å². The van der Waals surface area contributed by atoms with Crippen molar-refractivity contribution in [3.05, 3.63) is 66.4 Å². The molecule has 2 N–H and O–H groups in total. The summed E-state index contributed by atoms with van der Waals surface area (Å²) < 4.78 is 28.4. The van der Waals surface area contributed by atoms with Crippen molar-refractivity contribution in [1.82, 2.24) is 10.3 Å². The maximum absolute atomic E-state index is 12.1. The zero-order chi connectivity index (χ0) is 19.2. The highest BCUT2D eigenvalue weighted by Crippen LogP contribution is 2.20. The summed E-state index contributed by atoms with van der Waals surface area (Å²) in [5.41, 5.74) is 1.41. The molecule has 0 aliphatic carbocycles. The molecule has 0 unspecified atom stereocenters. The summed E-state index contributed by atoms with van der Waals surface area (Å²) in [5.74, 6) is -0.980. The van der Waals surface area contributed by atoms with Crippen LogP contribution in [0.25, 0.3) is 10.9 Å². The van der Waals surface area contributed by atoms with Gasteiger partial charge >= 0.3 is 6.61 Å². The summed E-state index contributed by atoms with van der Waals surface area (Å²) in [4.78, 5) is 28.4. The van der Waals surface area contributed by atoms with Gasteiger partial charge < -0.3 is 15.4 Å². The fourth-order valence-corrected chi connectivity index (χ4v) is 2.45. The minimum absolute atomic E-state index is 0.0530. The molecule has 0 fully saturated rings. The lowest BCUT2D eigenvalue weighted by atomic mass is 10.2. The number of alkyl halides is 2. The molecule has 1 heterocycles. The van der Waals surface area contributed by atoms with Gasteiger partial charge in [0.1, 0.15) is 5.75 Å². The zero-order valence-corrected chi connectivity index (χ0v) is 14.0. The molecule has 1 aromatic heterocycles. The van der Waals surface area contributed by atoms with Crippen molar-refractivity contribution < 1.29 is 23.1 Å². The zero-order valence-electron chi connectivity index (χ0n) is 14.0. The van der Waals surface area contributed by atoms with Gasteiger partial charge in [-0.3, -0.25) is 14.6 Å². The molecule has 8 heteroatoms. The van der Waals surface area contributed by atoms with Crippen LogP contribution in [0.5, 0.6) is 5.75 Å². The highest BCUT2D eigenvalue weighted by atomic mass is 19.3. The molecular formula is C19H15F2N3O3. The van der Waals surface area contributed by atoms with Gasteiger partial charge in [-0.1, -0.05) is 18.2 Å². The molecule has 0 radical (unpaired) electrons. The van der Waals surface area contributed by atoms with Crippen LogP contribution in [0, 0.1) is 0 Å². The van der Waals surface area contributed by atoms with E-state index in [1.807, 2.05) is 12.1 Å². The summed E-state index contributed by atoms with van der Waals surface area (Å²) in [6.45, 7) is -3.19. The van der Waals surface area contributed by atoms with E-state index in [-0.39, 0.29) is 17.9 Å². The van der Waals surface area contributed by atoms with E-state index >= 15 is 0 Å². The van der Waals surface area contributed by atoms with E-state index < -0.39 is 18.4 Å². The molecule has 0 saturated heterocycles. The number of halogens is 2. The van der Waals surface area contributed by atoms with E-state index in [1.165, 1.54) is 24.3 Å². The summed E-state index contributed by atoms with van der Waals surface area (Å²) in [7, 11) is 0. The Morgan fingerprint density at radius 2 is 1.78 bits per heavy atom. The van der Waals surface area contributed by atoms with Crippen molar-refractivity contribution >= 4 is 28.4 Å². The van der Waals surface area contributed by atoms with Gasteiger partial charge in [-0.05, 0) is 36.4 Å². The number of hydrogen-bond donors (Lipinski definition) is 2. The first-order valence-electron chi connectivity index (χ1n) is 7.99. The van der Waals surface area contributed by atoms with Crippen LogP contribution in [0.3, 0.4) is 0 Å². The minimum atomic E-state index is -2.93. The topological polar surface area (TPSA) is 80.3 Å². The van der Waals surface area contributed by atoms with Crippen molar-refractivity contribution in [1.29, 1.82) is 0 Å². The van der Waals surface area contributed by atoms with Gasteiger partial charge in [0.05, 0.1) is 17.7 Å². The number of hydrogen-bond acceptors (Lipinski definition) is 4. The Labute approximate surface area is 153 Å². The number of anilines is 1. The molecule has 0 aliphatic rings. The van der Waals surface area contributed by atoms with Gasteiger partial charge in [0.2, 0.25) is 5.91 Å². The van der Waals surface area contributed by atoms with Crippen molar-refractivity contribution in [2.75, 3.05) is 11.9 Å². The van der Waals surface area contributed by atoms with Crippen LogP contribution in [0.4, 0.5) is 14.5 Å². The van der Waals surface area contributed by atoms with Crippen LogP contribution >= 0.6 is 0 Å². The van der Waals surface area contributed by atoms with Crippen LogP contribution in [-0.4, -0.2) is 30.0 Å². The van der Waals surface area contributed by atoms with Crippen LogP contribution in [0.15, 0.2) is 60.8 Å². The standard InChI is InChI=1S/C19H15F2N3O3/c20-19(21)27-14-8-6-13(7-9-14)18(26)23-11-16(25)24-15-5-1-3-12-4-2-10-22-17(12)15/h1-10,19H,11H2,(H,23,26)(H,24,25). The minimum Gasteiger partial charge on any atom is -0.435 e. The number of carbonyl (C=O) groups is 2. The second kappa shape index (κ2) is 8.22. The summed E-state index contributed by atoms with van der Waals surface area (Å²) in [6, 6.07) is 14.2. The normalized spacial score (nSPS) is 10.6. The molecule has 138 valence electrons. The maximum Gasteiger partial charge on any atom is 0.387 e. The van der Waals surface area contributed by atoms with E-state index in [9.17, 15) is 18.4 Å². The van der Waals surface area contributed by atoms with Gasteiger partial charge in [0.15, 0.2) is 0 Å². The number of ether oxygens (including phenoxy) is 1. The average Bonchev–Trinajstić information content (AvgIpc) is 2.66. The number of para-hydroxylation sites is 1. The quantitative estimate of drug-likeness (QED) is 0.697. The number of nitrogens with zero attached hydrogens (tertiary/aromatic N) is 1. The third-order valence-corrected chi connectivity index (χ3v) is 3.66. The second-order valence-corrected chi connectivity index (χ2v) is 5.51. The number of rotatable bonds is 6. The van der Waals surface area contributed by atoms with Gasteiger partial charge in [0, 0.05) is 17.1 Å². The highest BCUT2D eigenvalue weighted by molar-refractivity contribution is 6.03. The van der Waals surface area contributed by atoms with Gasteiger partial charge in [-0.2, -0.15) is 8.78 Å². The lowest BCUT2D eigenvalue weighted by Gasteiger charge is -2.09. The smallest absolute Gasteiger partial charge is 0.387 e. The molecule has 3 aromatic rings. The summed E-state index contributed by atoms with van der Waals surface area (Å²) in [6.07, 6.45) is 1.63. The monoisotopic (exact) mass is 371 g/mol. The van der Waals surface area contributed by atoms with Crippen molar-refractivity contribution in [3.63, 3.8) is 0 Å². The highest BCUT2D eigenvalue weighted by Gasteiger charge is 2.11. The average molecular weight is 371 g/mol. The molecule has 2 amide bonds. The van der Waals surface area contributed by atoms with Crippen LogP contribution in [0.2, 0.25) is 0 Å². The molecule has 0 aliphatic heterocycles. The molecule has 0 saturated carbocycles. The van der Waals surface area contributed by atoms with Crippen molar-refractivity contribution in [2.24, 2.45) is 0 Å². The lowest BCUT2D eigenvalue weighted by Crippen LogP contribution is -2.32. The molecule has 2 aromatic carbocycles. The fraction of sp³-hybridized carbons (Fsp3) is 0.105. The van der Waals surface area contributed by atoms with E-state index in [4.69, 9.17) is 0 Å². The Hall–Kier alpha value is -3.55. The molecule has 27 heavy (non-hydrogen) atoms. The first-order chi connectivity index (χ1) is 13.0. The number of fused-ring (bicyclic) bond motifs is 1. The van der Waals surface area contributed by atoms with Crippen LogP contribution < -0.4 is 15.4 Å².